The number of aromatic nitrogens is 2. The van der Waals surface area contributed by atoms with Gasteiger partial charge in [-0.15, -0.1) is 0 Å². The van der Waals surface area contributed by atoms with Gasteiger partial charge in [0.05, 0.1) is 5.69 Å². The second-order valence-electron chi connectivity index (χ2n) is 2.61. The third-order valence-corrected chi connectivity index (χ3v) is 1.69. The molecule has 2 N–H and O–H groups in total. The topological polar surface area (TPSA) is 51.8 Å². The molecule has 3 heteroatoms. The van der Waals surface area contributed by atoms with E-state index < -0.39 is 0 Å². The highest BCUT2D eigenvalue weighted by Crippen LogP contribution is 2.13. The number of hydrogen-bond donors (Lipinski definition) is 1. The molecule has 1 aromatic heterocycles. The summed E-state index contributed by atoms with van der Waals surface area (Å²) in [7, 11) is 0. The minimum Gasteiger partial charge on any atom is -0.330 e. The summed E-state index contributed by atoms with van der Waals surface area (Å²) >= 11 is 0. The van der Waals surface area contributed by atoms with Crippen LogP contribution in [0.1, 0.15) is 25.0 Å². The normalized spacial score (nSPS) is 12.9. The van der Waals surface area contributed by atoms with Crippen molar-refractivity contribution < 1.29 is 0 Å². The first-order valence-electron chi connectivity index (χ1n) is 3.80. The van der Waals surface area contributed by atoms with Gasteiger partial charge in [0, 0.05) is 24.5 Å². The lowest BCUT2D eigenvalue weighted by Crippen LogP contribution is -2.05. The average molecular weight is 151 g/mol. The molecule has 0 saturated carbocycles. The third kappa shape index (κ3) is 2.27. The zero-order valence-corrected chi connectivity index (χ0v) is 6.70. The van der Waals surface area contributed by atoms with Gasteiger partial charge in [-0.25, -0.2) is 0 Å². The molecule has 1 heterocycles. The molecule has 0 aliphatic carbocycles. The molecule has 60 valence electrons. The van der Waals surface area contributed by atoms with E-state index in [-0.39, 0.29) is 0 Å². The summed E-state index contributed by atoms with van der Waals surface area (Å²) in [6, 6.07) is 0. The van der Waals surface area contributed by atoms with Crippen LogP contribution in [0.4, 0.5) is 0 Å². The van der Waals surface area contributed by atoms with E-state index in [2.05, 4.69) is 16.9 Å². The van der Waals surface area contributed by atoms with Crippen molar-refractivity contribution in [2.24, 2.45) is 5.73 Å². The van der Waals surface area contributed by atoms with Crippen LogP contribution in [0.2, 0.25) is 0 Å². The van der Waals surface area contributed by atoms with Crippen LogP contribution >= 0.6 is 0 Å². The van der Waals surface area contributed by atoms with Gasteiger partial charge in [-0.05, 0) is 13.0 Å². The molecule has 0 aliphatic rings. The smallest absolute Gasteiger partial charge is 0.0615 e. The number of hydrogen-bond acceptors (Lipinski definition) is 3. The lowest BCUT2D eigenvalue weighted by atomic mass is 10.1. The second-order valence-corrected chi connectivity index (χ2v) is 2.61. The summed E-state index contributed by atoms with van der Waals surface area (Å²) in [6.45, 7) is 2.81. The summed E-state index contributed by atoms with van der Waals surface area (Å²) in [5.41, 5.74) is 6.44. The van der Waals surface area contributed by atoms with E-state index >= 15 is 0 Å². The second kappa shape index (κ2) is 4.03. The van der Waals surface area contributed by atoms with Gasteiger partial charge < -0.3 is 5.73 Å². The van der Waals surface area contributed by atoms with Crippen molar-refractivity contribution >= 4 is 0 Å². The fourth-order valence-corrected chi connectivity index (χ4v) is 0.963. The van der Waals surface area contributed by atoms with E-state index in [0.29, 0.717) is 12.5 Å². The molecule has 3 nitrogen and oxygen atoms in total. The van der Waals surface area contributed by atoms with Gasteiger partial charge in [0.2, 0.25) is 0 Å². The first-order chi connectivity index (χ1) is 5.34. The summed E-state index contributed by atoms with van der Waals surface area (Å²) in [5, 5.41) is 0. The van der Waals surface area contributed by atoms with E-state index in [1.807, 2.05) is 0 Å². The first kappa shape index (κ1) is 8.14. The van der Waals surface area contributed by atoms with Crippen molar-refractivity contribution in [1.82, 2.24) is 9.97 Å². The van der Waals surface area contributed by atoms with Gasteiger partial charge in [-0.1, -0.05) is 6.92 Å². The molecule has 0 spiro atoms. The molecule has 0 aliphatic heterocycles. The quantitative estimate of drug-likeness (QED) is 0.699. The van der Waals surface area contributed by atoms with E-state index in [9.17, 15) is 0 Å². The van der Waals surface area contributed by atoms with Crippen LogP contribution in [0.3, 0.4) is 0 Å². The predicted octanol–water partition coefficient (Wildman–Crippen LogP) is 0.929. The van der Waals surface area contributed by atoms with Crippen LogP contribution in [-0.4, -0.2) is 16.5 Å². The van der Waals surface area contributed by atoms with E-state index in [0.717, 1.165) is 12.1 Å². The van der Waals surface area contributed by atoms with Crippen molar-refractivity contribution in [3.05, 3.63) is 24.3 Å². The van der Waals surface area contributed by atoms with Crippen LogP contribution < -0.4 is 5.73 Å². The Hall–Kier alpha value is -0.960. The molecule has 1 atom stereocenters. The van der Waals surface area contributed by atoms with Crippen LogP contribution in [-0.2, 0) is 0 Å². The van der Waals surface area contributed by atoms with Crippen LogP contribution in [0.25, 0.3) is 0 Å². The van der Waals surface area contributed by atoms with E-state index in [1.165, 1.54) is 0 Å². The maximum Gasteiger partial charge on any atom is 0.0615 e. The minimum absolute atomic E-state index is 0.425. The molecule has 11 heavy (non-hydrogen) atoms. The Morgan fingerprint density at radius 2 is 2.36 bits per heavy atom. The maximum atomic E-state index is 5.42. The maximum absolute atomic E-state index is 5.42. The monoisotopic (exact) mass is 151 g/mol. The SMILES string of the molecule is CC(CCN)c1cnccn1. The Balaban J connectivity index is 2.61. The Labute approximate surface area is 66.7 Å². The van der Waals surface area contributed by atoms with Crippen molar-refractivity contribution in [3.8, 4) is 0 Å². The van der Waals surface area contributed by atoms with Crippen molar-refractivity contribution in [1.29, 1.82) is 0 Å². The fourth-order valence-electron chi connectivity index (χ4n) is 0.963. The van der Waals surface area contributed by atoms with Gasteiger partial charge in [0.1, 0.15) is 0 Å². The number of nitrogens with zero attached hydrogens (tertiary/aromatic N) is 2. The van der Waals surface area contributed by atoms with Crippen LogP contribution in [0.15, 0.2) is 18.6 Å². The molecule has 0 fully saturated rings. The Morgan fingerprint density at radius 1 is 1.55 bits per heavy atom. The Bertz CT molecular complexity index is 198. The summed E-state index contributed by atoms with van der Waals surface area (Å²) in [4.78, 5) is 8.16. The Morgan fingerprint density at radius 3 is 2.91 bits per heavy atom. The first-order valence-corrected chi connectivity index (χ1v) is 3.80. The Kier molecular flexibility index (Phi) is 2.98. The largest absolute Gasteiger partial charge is 0.330 e. The summed E-state index contributed by atoms with van der Waals surface area (Å²) in [6.07, 6.45) is 6.15. The average Bonchev–Trinajstić information content (AvgIpc) is 2.07. The standard InChI is InChI=1S/C8H13N3/c1-7(2-3-9)8-6-10-4-5-11-8/h4-7H,2-3,9H2,1H3. The predicted molar refractivity (Wildman–Crippen MR) is 44.1 cm³/mol. The summed E-state index contributed by atoms with van der Waals surface area (Å²) in [5.74, 6) is 0.425. The molecule has 1 rings (SSSR count). The van der Waals surface area contributed by atoms with Crippen LogP contribution in [0.5, 0.6) is 0 Å². The van der Waals surface area contributed by atoms with Gasteiger partial charge >= 0.3 is 0 Å². The van der Waals surface area contributed by atoms with Crippen molar-refractivity contribution in [2.45, 2.75) is 19.3 Å². The van der Waals surface area contributed by atoms with E-state index in [1.54, 1.807) is 18.6 Å². The lowest BCUT2D eigenvalue weighted by Gasteiger charge is -2.06. The molecular weight excluding hydrogens is 138 g/mol. The molecular formula is C8H13N3. The molecule has 0 amide bonds. The zero-order chi connectivity index (χ0) is 8.10. The highest BCUT2D eigenvalue weighted by Gasteiger charge is 2.03. The summed E-state index contributed by atoms with van der Waals surface area (Å²) < 4.78 is 0. The molecule has 1 unspecified atom stereocenters. The number of nitrogens with two attached hydrogens (primary N) is 1. The third-order valence-electron chi connectivity index (χ3n) is 1.69. The van der Waals surface area contributed by atoms with E-state index in [4.69, 9.17) is 5.73 Å². The number of rotatable bonds is 3. The highest BCUT2D eigenvalue weighted by atomic mass is 14.8. The molecule has 0 radical (unpaired) electrons. The molecule has 1 aromatic rings. The molecule has 0 aromatic carbocycles. The van der Waals surface area contributed by atoms with Gasteiger partial charge in [0.25, 0.3) is 0 Å². The van der Waals surface area contributed by atoms with Crippen molar-refractivity contribution in [3.63, 3.8) is 0 Å². The molecule has 0 bridgehead atoms. The highest BCUT2D eigenvalue weighted by molar-refractivity contribution is 5.01. The van der Waals surface area contributed by atoms with Crippen LogP contribution in [0, 0.1) is 0 Å². The minimum atomic E-state index is 0.425. The van der Waals surface area contributed by atoms with Gasteiger partial charge in [0.15, 0.2) is 0 Å². The fraction of sp³-hybridized carbons (Fsp3) is 0.500. The van der Waals surface area contributed by atoms with Gasteiger partial charge in [-0.2, -0.15) is 0 Å². The lowest BCUT2D eigenvalue weighted by molar-refractivity contribution is 0.666. The van der Waals surface area contributed by atoms with Crippen molar-refractivity contribution in [2.75, 3.05) is 6.54 Å². The van der Waals surface area contributed by atoms with Gasteiger partial charge in [-0.3, -0.25) is 9.97 Å². The molecule has 0 saturated heterocycles. The zero-order valence-electron chi connectivity index (χ0n) is 6.70.